The Morgan fingerprint density at radius 1 is 1.14 bits per heavy atom. The van der Waals surface area contributed by atoms with Gasteiger partial charge in [0.2, 0.25) is 0 Å². The Balaban J connectivity index is 2.18. The number of halogens is 1. The fraction of sp³-hybridized carbons (Fsp3) is 0.294. The Labute approximate surface area is 124 Å². The van der Waals surface area contributed by atoms with Crippen LogP contribution in [0.5, 0.6) is 0 Å². The number of nitrogens with one attached hydrogen (secondary N) is 1. The molecule has 2 rings (SSSR count). The van der Waals surface area contributed by atoms with Gasteiger partial charge in [0.15, 0.2) is 0 Å². The third kappa shape index (κ3) is 3.88. The third-order valence-electron chi connectivity index (χ3n) is 3.36. The molecular weight excluding hydrogens is 267 g/mol. The number of benzene rings is 1. The van der Waals surface area contributed by atoms with Crippen molar-refractivity contribution < 1.29 is 9.18 Å². The van der Waals surface area contributed by atoms with Crippen LogP contribution in [0, 0.1) is 18.7 Å². The van der Waals surface area contributed by atoms with Crippen LogP contribution in [-0.4, -0.2) is 10.9 Å². The van der Waals surface area contributed by atoms with E-state index >= 15 is 0 Å². The zero-order valence-electron chi connectivity index (χ0n) is 12.4. The lowest BCUT2D eigenvalue weighted by molar-refractivity contribution is 0.0925. The number of aryl methyl sites for hydroxylation is 1. The van der Waals surface area contributed by atoms with Crippen LogP contribution < -0.4 is 5.32 Å². The summed E-state index contributed by atoms with van der Waals surface area (Å²) in [5, 5.41) is 2.99. The number of amides is 1. The van der Waals surface area contributed by atoms with Gasteiger partial charge < -0.3 is 5.32 Å². The van der Waals surface area contributed by atoms with Crippen molar-refractivity contribution in [2.75, 3.05) is 0 Å². The minimum Gasteiger partial charge on any atom is -0.345 e. The van der Waals surface area contributed by atoms with E-state index in [0.29, 0.717) is 5.56 Å². The summed E-state index contributed by atoms with van der Waals surface area (Å²) in [7, 11) is 0. The van der Waals surface area contributed by atoms with Gasteiger partial charge in [0.05, 0.1) is 11.6 Å². The summed E-state index contributed by atoms with van der Waals surface area (Å²) < 4.78 is 13.0. The van der Waals surface area contributed by atoms with Crippen LogP contribution in [0.2, 0.25) is 0 Å². The molecule has 0 saturated heterocycles. The molecule has 0 unspecified atom stereocenters. The molecule has 0 spiro atoms. The molecule has 21 heavy (non-hydrogen) atoms. The molecule has 0 aliphatic carbocycles. The Bertz CT molecular complexity index is 606. The molecule has 4 heteroatoms. The SMILES string of the molecule is Cc1ccc(C(=O)N[C@H](c2ccc(F)cc2)C(C)C)cn1. The fourth-order valence-corrected chi connectivity index (χ4v) is 2.13. The van der Waals surface area contributed by atoms with E-state index in [0.717, 1.165) is 11.3 Å². The van der Waals surface area contributed by atoms with Crippen molar-refractivity contribution in [2.45, 2.75) is 26.8 Å². The molecule has 1 N–H and O–H groups in total. The van der Waals surface area contributed by atoms with Crippen molar-refractivity contribution in [3.05, 3.63) is 65.2 Å². The largest absolute Gasteiger partial charge is 0.345 e. The lowest BCUT2D eigenvalue weighted by atomic mass is 9.95. The number of hydrogen-bond donors (Lipinski definition) is 1. The van der Waals surface area contributed by atoms with E-state index in [4.69, 9.17) is 0 Å². The average Bonchev–Trinajstić information content (AvgIpc) is 2.46. The molecule has 0 fully saturated rings. The molecule has 1 heterocycles. The van der Waals surface area contributed by atoms with Crippen LogP contribution >= 0.6 is 0 Å². The monoisotopic (exact) mass is 286 g/mol. The van der Waals surface area contributed by atoms with Gasteiger partial charge in [0.1, 0.15) is 5.82 Å². The van der Waals surface area contributed by atoms with Crippen molar-refractivity contribution in [1.82, 2.24) is 10.3 Å². The third-order valence-corrected chi connectivity index (χ3v) is 3.36. The molecule has 110 valence electrons. The first-order valence-electron chi connectivity index (χ1n) is 6.96. The van der Waals surface area contributed by atoms with Gasteiger partial charge in [-0.3, -0.25) is 9.78 Å². The van der Waals surface area contributed by atoms with E-state index in [2.05, 4.69) is 10.3 Å². The number of hydrogen-bond acceptors (Lipinski definition) is 2. The highest BCUT2D eigenvalue weighted by atomic mass is 19.1. The standard InChI is InChI=1S/C17H19FN2O/c1-11(2)16(13-6-8-15(18)9-7-13)20-17(21)14-5-4-12(3)19-10-14/h4-11,16H,1-3H3,(H,20,21)/t16-/m0/s1. The van der Waals surface area contributed by atoms with Crippen LogP contribution in [0.3, 0.4) is 0 Å². The number of rotatable bonds is 4. The maximum absolute atomic E-state index is 13.0. The number of carbonyl (C=O) groups is 1. The number of pyridine rings is 1. The summed E-state index contributed by atoms with van der Waals surface area (Å²) in [6, 6.07) is 9.60. The van der Waals surface area contributed by atoms with Crippen molar-refractivity contribution in [2.24, 2.45) is 5.92 Å². The molecule has 0 saturated carbocycles. The van der Waals surface area contributed by atoms with E-state index in [-0.39, 0.29) is 23.7 Å². The molecule has 3 nitrogen and oxygen atoms in total. The Morgan fingerprint density at radius 2 is 1.81 bits per heavy atom. The summed E-state index contributed by atoms with van der Waals surface area (Å²) in [4.78, 5) is 16.4. The van der Waals surface area contributed by atoms with Crippen molar-refractivity contribution in [3.63, 3.8) is 0 Å². The van der Waals surface area contributed by atoms with Gasteiger partial charge in [0, 0.05) is 11.9 Å². The van der Waals surface area contributed by atoms with Crippen molar-refractivity contribution in [1.29, 1.82) is 0 Å². The highest BCUT2D eigenvalue weighted by molar-refractivity contribution is 5.94. The summed E-state index contributed by atoms with van der Waals surface area (Å²) in [6.07, 6.45) is 1.56. The first-order valence-corrected chi connectivity index (χ1v) is 6.96. The molecule has 2 aromatic rings. The fourth-order valence-electron chi connectivity index (χ4n) is 2.13. The highest BCUT2D eigenvalue weighted by Gasteiger charge is 2.19. The zero-order chi connectivity index (χ0) is 15.4. The summed E-state index contributed by atoms with van der Waals surface area (Å²) >= 11 is 0. The van der Waals surface area contributed by atoms with Gasteiger partial charge in [-0.15, -0.1) is 0 Å². The van der Waals surface area contributed by atoms with Crippen LogP contribution in [0.25, 0.3) is 0 Å². The minimum absolute atomic E-state index is 0.167. The predicted octanol–water partition coefficient (Wildman–Crippen LogP) is 3.66. The predicted molar refractivity (Wildman–Crippen MR) is 80.4 cm³/mol. The van der Waals surface area contributed by atoms with Gasteiger partial charge in [-0.05, 0) is 42.7 Å². The molecular formula is C17H19FN2O. The second-order valence-corrected chi connectivity index (χ2v) is 5.43. The molecule has 1 aromatic heterocycles. The highest BCUT2D eigenvalue weighted by Crippen LogP contribution is 2.22. The maximum Gasteiger partial charge on any atom is 0.253 e. The van der Waals surface area contributed by atoms with Gasteiger partial charge in [-0.1, -0.05) is 26.0 Å². The lowest BCUT2D eigenvalue weighted by Gasteiger charge is -2.23. The van der Waals surface area contributed by atoms with Crippen LogP contribution in [-0.2, 0) is 0 Å². The number of carbonyl (C=O) groups excluding carboxylic acids is 1. The molecule has 1 amide bonds. The summed E-state index contributed by atoms with van der Waals surface area (Å²) in [6.45, 7) is 5.90. The van der Waals surface area contributed by atoms with Gasteiger partial charge in [0.25, 0.3) is 5.91 Å². The summed E-state index contributed by atoms with van der Waals surface area (Å²) in [5.74, 6) is -0.265. The van der Waals surface area contributed by atoms with Crippen LogP contribution in [0.4, 0.5) is 4.39 Å². The van der Waals surface area contributed by atoms with Gasteiger partial charge in [-0.25, -0.2) is 4.39 Å². The Hall–Kier alpha value is -2.23. The first kappa shape index (κ1) is 15.2. The maximum atomic E-state index is 13.0. The molecule has 1 aromatic carbocycles. The van der Waals surface area contributed by atoms with Crippen molar-refractivity contribution in [3.8, 4) is 0 Å². The normalized spacial score (nSPS) is 12.2. The van der Waals surface area contributed by atoms with Crippen LogP contribution in [0.15, 0.2) is 42.6 Å². The van der Waals surface area contributed by atoms with Gasteiger partial charge in [-0.2, -0.15) is 0 Å². The second-order valence-electron chi connectivity index (χ2n) is 5.43. The molecule has 0 bridgehead atoms. The summed E-state index contributed by atoms with van der Waals surface area (Å²) in [5.41, 5.74) is 2.28. The minimum atomic E-state index is -0.282. The van der Waals surface area contributed by atoms with E-state index in [1.54, 1.807) is 30.5 Å². The van der Waals surface area contributed by atoms with E-state index in [1.165, 1.54) is 12.1 Å². The number of nitrogens with zero attached hydrogens (tertiary/aromatic N) is 1. The molecule has 0 aliphatic heterocycles. The smallest absolute Gasteiger partial charge is 0.253 e. The quantitative estimate of drug-likeness (QED) is 0.932. The van der Waals surface area contributed by atoms with E-state index in [9.17, 15) is 9.18 Å². The van der Waals surface area contributed by atoms with Gasteiger partial charge >= 0.3 is 0 Å². The zero-order valence-corrected chi connectivity index (χ0v) is 12.4. The molecule has 0 aliphatic rings. The molecule has 0 radical (unpaired) electrons. The van der Waals surface area contributed by atoms with Crippen molar-refractivity contribution >= 4 is 5.91 Å². The topological polar surface area (TPSA) is 42.0 Å². The second kappa shape index (κ2) is 6.48. The van der Waals surface area contributed by atoms with E-state index in [1.807, 2.05) is 20.8 Å². The van der Waals surface area contributed by atoms with Crippen LogP contribution in [0.1, 0.15) is 41.5 Å². The number of aromatic nitrogens is 1. The van der Waals surface area contributed by atoms with E-state index < -0.39 is 0 Å². The lowest BCUT2D eigenvalue weighted by Crippen LogP contribution is -2.31. The average molecular weight is 286 g/mol. The molecule has 1 atom stereocenters. The Morgan fingerprint density at radius 3 is 2.33 bits per heavy atom. The first-order chi connectivity index (χ1) is 9.97. The Kier molecular flexibility index (Phi) is 4.68.